The third-order valence-electron chi connectivity index (χ3n) is 2.53. The average molecular weight is 216 g/mol. The molecule has 1 N–H and O–H groups in total. The highest BCUT2D eigenvalue weighted by atomic mass is 32.2. The molecular weight excluding hydrogens is 200 g/mol. The molecule has 1 rings (SSSR count). The lowest BCUT2D eigenvalue weighted by molar-refractivity contribution is 0.476. The first-order valence-corrected chi connectivity index (χ1v) is 6.51. The summed E-state index contributed by atoms with van der Waals surface area (Å²) in [6, 6.07) is 1.25. The first-order valence-electron chi connectivity index (χ1n) is 4.97. The van der Waals surface area contributed by atoms with Gasteiger partial charge in [-0.05, 0) is 19.8 Å². The molecule has 0 amide bonds. The molecule has 1 aliphatic carbocycles. The van der Waals surface area contributed by atoms with Crippen molar-refractivity contribution in [3.63, 3.8) is 0 Å². The van der Waals surface area contributed by atoms with Gasteiger partial charge in [0, 0.05) is 0 Å². The van der Waals surface area contributed by atoms with E-state index in [9.17, 15) is 8.42 Å². The van der Waals surface area contributed by atoms with Crippen LogP contribution in [0.1, 0.15) is 39.0 Å². The van der Waals surface area contributed by atoms with Crippen LogP contribution in [0.2, 0.25) is 0 Å². The van der Waals surface area contributed by atoms with Crippen molar-refractivity contribution in [2.24, 2.45) is 0 Å². The predicted molar refractivity (Wildman–Crippen MR) is 54.0 cm³/mol. The highest BCUT2D eigenvalue weighted by molar-refractivity contribution is 7.90. The monoisotopic (exact) mass is 216 g/mol. The maximum absolute atomic E-state index is 11.7. The fourth-order valence-electron chi connectivity index (χ4n) is 1.74. The molecular formula is C9H16N2O2S. The summed E-state index contributed by atoms with van der Waals surface area (Å²) in [5.41, 5.74) is 0. The molecule has 1 atom stereocenters. The van der Waals surface area contributed by atoms with Crippen LogP contribution in [0.15, 0.2) is 0 Å². The van der Waals surface area contributed by atoms with Gasteiger partial charge < -0.3 is 0 Å². The Morgan fingerprint density at radius 2 is 1.93 bits per heavy atom. The van der Waals surface area contributed by atoms with E-state index in [0.717, 1.165) is 32.1 Å². The summed E-state index contributed by atoms with van der Waals surface area (Å²) in [5, 5.41) is 8.23. The van der Waals surface area contributed by atoms with Crippen LogP contribution in [0.5, 0.6) is 0 Å². The van der Waals surface area contributed by atoms with Crippen LogP contribution in [0.4, 0.5) is 0 Å². The van der Waals surface area contributed by atoms with E-state index in [0.29, 0.717) is 0 Å². The van der Waals surface area contributed by atoms with E-state index in [1.54, 1.807) is 6.92 Å². The van der Waals surface area contributed by atoms with Gasteiger partial charge in [-0.15, -0.1) is 0 Å². The minimum absolute atomic E-state index is 0.285. The molecule has 1 unspecified atom stereocenters. The highest BCUT2D eigenvalue weighted by Gasteiger charge is 2.28. The second kappa shape index (κ2) is 4.76. The normalized spacial score (nSPS) is 21.4. The topological polar surface area (TPSA) is 70.0 Å². The fraction of sp³-hybridized carbons (Fsp3) is 0.889. The van der Waals surface area contributed by atoms with E-state index in [1.165, 1.54) is 0 Å². The molecule has 1 fully saturated rings. The first-order chi connectivity index (χ1) is 6.56. The van der Waals surface area contributed by atoms with Gasteiger partial charge in [0.1, 0.15) is 6.04 Å². The van der Waals surface area contributed by atoms with Crippen molar-refractivity contribution >= 4 is 10.0 Å². The number of sulfonamides is 1. The van der Waals surface area contributed by atoms with E-state index < -0.39 is 16.1 Å². The van der Waals surface area contributed by atoms with Gasteiger partial charge in [-0.25, -0.2) is 8.42 Å². The van der Waals surface area contributed by atoms with Crippen molar-refractivity contribution in [2.45, 2.75) is 50.3 Å². The van der Waals surface area contributed by atoms with E-state index >= 15 is 0 Å². The summed E-state index contributed by atoms with van der Waals surface area (Å²) in [6.07, 6.45) is 4.54. The zero-order valence-corrected chi connectivity index (χ0v) is 9.18. The molecule has 0 saturated heterocycles. The summed E-state index contributed by atoms with van der Waals surface area (Å²) in [7, 11) is -3.27. The van der Waals surface area contributed by atoms with Crippen molar-refractivity contribution in [2.75, 3.05) is 0 Å². The van der Waals surface area contributed by atoms with Crippen molar-refractivity contribution in [3.8, 4) is 6.07 Å². The van der Waals surface area contributed by atoms with Crippen LogP contribution in [-0.2, 0) is 10.0 Å². The Hall–Kier alpha value is -0.600. The van der Waals surface area contributed by atoms with Crippen LogP contribution >= 0.6 is 0 Å². The third-order valence-corrected chi connectivity index (χ3v) is 4.56. The molecule has 0 aromatic heterocycles. The predicted octanol–water partition coefficient (Wildman–Crippen LogP) is 1.15. The molecule has 0 aromatic rings. The second-order valence-corrected chi connectivity index (χ2v) is 5.77. The lowest BCUT2D eigenvalue weighted by Crippen LogP contribution is -2.39. The maximum atomic E-state index is 11.7. The zero-order valence-electron chi connectivity index (χ0n) is 8.36. The number of nitrogens with zero attached hydrogens (tertiary/aromatic N) is 1. The van der Waals surface area contributed by atoms with E-state index in [1.807, 2.05) is 6.07 Å². The van der Waals surface area contributed by atoms with E-state index in [2.05, 4.69) is 4.72 Å². The van der Waals surface area contributed by atoms with Crippen LogP contribution in [0, 0.1) is 11.3 Å². The van der Waals surface area contributed by atoms with Crippen molar-refractivity contribution in [3.05, 3.63) is 0 Å². The van der Waals surface area contributed by atoms with E-state index in [-0.39, 0.29) is 5.25 Å². The van der Waals surface area contributed by atoms with Crippen LogP contribution in [0.3, 0.4) is 0 Å². The first kappa shape index (κ1) is 11.5. The molecule has 1 aliphatic rings. The molecule has 0 spiro atoms. The molecule has 80 valence electrons. The van der Waals surface area contributed by atoms with Gasteiger partial charge in [0.15, 0.2) is 0 Å². The summed E-state index contributed by atoms with van der Waals surface area (Å²) < 4.78 is 25.8. The van der Waals surface area contributed by atoms with Crippen LogP contribution < -0.4 is 4.72 Å². The van der Waals surface area contributed by atoms with Crippen molar-refractivity contribution in [1.29, 1.82) is 5.26 Å². The smallest absolute Gasteiger partial charge is 0.212 e. The lowest BCUT2D eigenvalue weighted by atomic mass is 10.0. The Morgan fingerprint density at radius 1 is 1.36 bits per heavy atom. The molecule has 14 heavy (non-hydrogen) atoms. The Bertz CT molecular complexity index is 312. The Morgan fingerprint density at radius 3 is 2.43 bits per heavy atom. The zero-order chi connectivity index (χ0) is 10.6. The largest absolute Gasteiger partial charge is 0.215 e. The number of hydrogen-bond donors (Lipinski definition) is 1. The van der Waals surface area contributed by atoms with Gasteiger partial charge in [0.2, 0.25) is 10.0 Å². The number of nitriles is 1. The molecule has 1 saturated carbocycles. The van der Waals surface area contributed by atoms with Gasteiger partial charge in [-0.2, -0.15) is 9.98 Å². The number of nitrogens with one attached hydrogen (secondary N) is 1. The summed E-state index contributed by atoms with van der Waals surface area (Å²) in [5.74, 6) is 0. The van der Waals surface area contributed by atoms with E-state index in [4.69, 9.17) is 5.26 Å². The maximum Gasteiger partial charge on any atom is 0.215 e. The summed E-state index contributed by atoms with van der Waals surface area (Å²) >= 11 is 0. The average Bonchev–Trinajstić information content (AvgIpc) is 2.18. The lowest BCUT2D eigenvalue weighted by Gasteiger charge is -2.22. The second-order valence-electron chi connectivity index (χ2n) is 3.77. The molecule has 5 heteroatoms. The molecule has 0 heterocycles. The number of rotatable bonds is 3. The minimum Gasteiger partial charge on any atom is -0.212 e. The van der Waals surface area contributed by atoms with Gasteiger partial charge >= 0.3 is 0 Å². The molecule has 0 radical (unpaired) electrons. The van der Waals surface area contributed by atoms with Crippen LogP contribution in [-0.4, -0.2) is 19.7 Å². The van der Waals surface area contributed by atoms with Gasteiger partial charge in [0.05, 0.1) is 11.3 Å². The van der Waals surface area contributed by atoms with Gasteiger partial charge in [-0.1, -0.05) is 19.3 Å². The van der Waals surface area contributed by atoms with Gasteiger partial charge in [0.25, 0.3) is 0 Å². The summed E-state index contributed by atoms with van der Waals surface area (Å²) in [4.78, 5) is 0. The SMILES string of the molecule is CC(C#N)NS(=O)(=O)C1CCCCC1. The van der Waals surface area contributed by atoms with Gasteiger partial charge in [-0.3, -0.25) is 0 Å². The molecule has 0 aromatic carbocycles. The Kier molecular flexibility index (Phi) is 3.90. The van der Waals surface area contributed by atoms with Crippen molar-refractivity contribution in [1.82, 2.24) is 4.72 Å². The third kappa shape index (κ3) is 2.96. The quantitative estimate of drug-likeness (QED) is 0.769. The molecule has 0 aliphatic heterocycles. The Labute approximate surface area is 85.4 Å². The molecule has 0 bridgehead atoms. The molecule has 4 nitrogen and oxygen atoms in total. The number of hydrogen-bond acceptors (Lipinski definition) is 3. The minimum atomic E-state index is -3.27. The van der Waals surface area contributed by atoms with Crippen LogP contribution in [0.25, 0.3) is 0 Å². The fourth-order valence-corrected chi connectivity index (χ4v) is 3.44. The highest BCUT2D eigenvalue weighted by Crippen LogP contribution is 2.23. The van der Waals surface area contributed by atoms with Crippen molar-refractivity contribution < 1.29 is 8.42 Å². The Balaban J connectivity index is 2.60. The standard InChI is InChI=1S/C9H16N2O2S/c1-8(7-10)11-14(12,13)9-5-3-2-4-6-9/h8-9,11H,2-6H2,1H3. The summed E-state index contributed by atoms with van der Waals surface area (Å²) in [6.45, 7) is 1.56.